The van der Waals surface area contributed by atoms with Gasteiger partial charge in [0.1, 0.15) is 0 Å². The molecule has 0 saturated heterocycles. The lowest BCUT2D eigenvalue weighted by atomic mass is 10.1. The second kappa shape index (κ2) is 7.29. The lowest BCUT2D eigenvalue weighted by molar-refractivity contribution is 0.977. The van der Waals surface area contributed by atoms with Crippen molar-refractivity contribution in [2.75, 3.05) is 5.43 Å². The lowest BCUT2D eigenvalue weighted by Crippen LogP contribution is -1.95. The SMILES string of the molecule is Cc1ccc(N/N=C/c2c(-c3ccccc3)n(C)c3ccccc23)cc1Cl. The van der Waals surface area contributed by atoms with Gasteiger partial charge in [-0.3, -0.25) is 5.43 Å². The largest absolute Gasteiger partial charge is 0.343 e. The fraction of sp³-hybridized carbons (Fsp3) is 0.0870. The van der Waals surface area contributed by atoms with Crippen LogP contribution in [0.1, 0.15) is 11.1 Å². The van der Waals surface area contributed by atoms with Gasteiger partial charge in [-0.1, -0.05) is 66.2 Å². The first-order valence-electron chi connectivity index (χ1n) is 8.83. The Morgan fingerprint density at radius 1 is 0.963 bits per heavy atom. The molecule has 0 aliphatic carbocycles. The first kappa shape index (κ1) is 17.4. The molecule has 1 aromatic heterocycles. The number of aromatic nitrogens is 1. The Morgan fingerprint density at radius 3 is 2.48 bits per heavy atom. The molecule has 27 heavy (non-hydrogen) atoms. The maximum Gasteiger partial charge on any atom is 0.0578 e. The summed E-state index contributed by atoms with van der Waals surface area (Å²) in [4.78, 5) is 0. The van der Waals surface area contributed by atoms with Crippen LogP contribution in [0.15, 0.2) is 77.9 Å². The molecule has 1 heterocycles. The number of rotatable bonds is 4. The monoisotopic (exact) mass is 373 g/mol. The summed E-state index contributed by atoms with van der Waals surface area (Å²) in [5.41, 5.74) is 9.57. The van der Waals surface area contributed by atoms with E-state index in [9.17, 15) is 0 Å². The molecule has 0 unspecified atom stereocenters. The van der Waals surface area contributed by atoms with Crippen LogP contribution in [0.2, 0.25) is 5.02 Å². The number of para-hydroxylation sites is 1. The summed E-state index contributed by atoms with van der Waals surface area (Å²) < 4.78 is 2.22. The van der Waals surface area contributed by atoms with E-state index in [1.165, 1.54) is 10.9 Å². The van der Waals surface area contributed by atoms with Crippen LogP contribution >= 0.6 is 11.6 Å². The Morgan fingerprint density at radius 2 is 1.70 bits per heavy atom. The van der Waals surface area contributed by atoms with Gasteiger partial charge in [0.25, 0.3) is 0 Å². The fourth-order valence-electron chi connectivity index (χ4n) is 3.33. The Balaban J connectivity index is 1.77. The van der Waals surface area contributed by atoms with E-state index < -0.39 is 0 Å². The number of hydrogen-bond donors (Lipinski definition) is 1. The molecule has 0 atom stereocenters. The van der Waals surface area contributed by atoms with Gasteiger partial charge in [-0.05, 0) is 36.2 Å². The van der Waals surface area contributed by atoms with Crippen LogP contribution < -0.4 is 5.43 Å². The van der Waals surface area contributed by atoms with Crippen molar-refractivity contribution >= 4 is 34.4 Å². The van der Waals surface area contributed by atoms with E-state index in [0.29, 0.717) is 0 Å². The quantitative estimate of drug-likeness (QED) is 0.332. The van der Waals surface area contributed by atoms with Crippen LogP contribution in [-0.4, -0.2) is 10.8 Å². The number of nitrogens with zero attached hydrogens (tertiary/aromatic N) is 2. The molecule has 0 bridgehead atoms. The molecular weight excluding hydrogens is 354 g/mol. The van der Waals surface area contributed by atoms with Crippen LogP contribution in [0.4, 0.5) is 5.69 Å². The van der Waals surface area contributed by atoms with Gasteiger partial charge in [-0.2, -0.15) is 5.10 Å². The van der Waals surface area contributed by atoms with Gasteiger partial charge in [0, 0.05) is 28.5 Å². The minimum atomic E-state index is 0.727. The Labute approximate surface area is 163 Å². The first-order chi connectivity index (χ1) is 13.1. The molecule has 0 aliphatic heterocycles. The topological polar surface area (TPSA) is 29.3 Å². The summed E-state index contributed by atoms with van der Waals surface area (Å²) in [5.74, 6) is 0. The highest BCUT2D eigenvalue weighted by Gasteiger charge is 2.14. The molecule has 0 amide bonds. The highest BCUT2D eigenvalue weighted by molar-refractivity contribution is 6.31. The average Bonchev–Trinajstić information content (AvgIpc) is 2.98. The molecule has 0 aliphatic rings. The smallest absolute Gasteiger partial charge is 0.0578 e. The molecule has 4 heteroatoms. The molecule has 0 saturated carbocycles. The van der Waals surface area contributed by atoms with Crippen LogP contribution in [0.3, 0.4) is 0 Å². The van der Waals surface area contributed by atoms with Crippen LogP contribution in [0.5, 0.6) is 0 Å². The Hall–Kier alpha value is -3.04. The second-order valence-electron chi connectivity index (χ2n) is 6.54. The van der Waals surface area contributed by atoms with Gasteiger partial charge < -0.3 is 4.57 Å². The van der Waals surface area contributed by atoms with Crippen molar-refractivity contribution < 1.29 is 0 Å². The summed E-state index contributed by atoms with van der Waals surface area (Å²) in [7, 11) is 2.09. The molecule has 1 N–H and O–H groups in total. The fourth-order valence-corrected chi connectivity index (χ4v) is 3.51. The van der Waals surface area contributed by atoms with Crippen molar-refractivity contribution in [3.63, 3.8) is 0 Å². The third-order valence-corrected chi connectivity index (χ3v) is 5.16. The van der Waals surface area contributed by atoms with Gasteiger partial charge in [-0.25, -0.2) is 0 Å². The first-order valence-corrected chi connectivity index (χ1v) is 9.21. The van der Waals surface area contributed by atoms with E-state index in [1.54, 1.807) is 0 Å². The molecule has 0 fully saturated rings. The molecule has 0 radical (unpaired) electrons. The van der Waals surface area contributed by atoms with Crippen LogP contribution in [0.25, 0.3) is 22.2 Å². The van der Waals surface area contributed by atoms with E-state index in [0.717, 1.165) is 33.1 Å². The number of fused-ring (bicyclic) bond motifs is 1. The van der Waals surface area contributed by atoms with Crippen molar-refractivity contribution in [1.29, 1.82) is 0 Å². The van der Waals surface area contributed by atoms with Crippen molar-refractivity contribution in [3.8, 4) is 11.3 Å². The average molecular weight is 374 g/mol. The van der Waals surface area contributed by atoms with Crippen molar-refractivity contribution in [2.24, 2.45) is 12.1 Å². The van der Waals surface area contributed by atoms with E-state index in [1.807, 2.05) is 37.4 Å². The predicted molar refractivity (Wildman–Crippen MR) is 116 cm³/mol. The normalized spacial score (nSPS) is 11.4. The number of benzene rings is 3. The Bertz CT molecular complexity index is 1130. The number of hydrazone groups is 1. The van der Waals surface area contributed by atoms with Crippen molar-refractivity contribution in [1.82, 2.24) is 4.57 Å². The van der Waals surface area contributed by atoms with Gasteiger partial charge in [0.05, 0.1) is 17.6 Å². The van der Waals surface area contributed by atoms with E-state index in [4.69, 9.17) is 11.6 Å². The lowest BCUT2D eigenvalue weighted by Gasteiger charge is -2.06. The molecule has 0 spiro atoms. The molecular formula is C23H20ClN3. The summed E-state index contributed by atoms with van der Waals surface area (Å²) in [6, 6.07) is 24.6. The summed E-state index contributed by atoms with van der Waals surface area (Å²) in [6.07, 6.45) is 1.89. The van der Waals surface area contributed by atoms with E-state index in [-0.39, 0.29) is 0 Å². The molecule has 4 rings (SSSR count). The maximum absolute atomic E-state index is 6.20. The number of anilines is 1. The predicted octanol–water partition coefficient (Wildman–Crippen LogP) is 6.25. The zero-order valence-corrected chi connectivity index (χ0v) is 16.0. The third kappa shape index (κ3) is 3.34. The molecule has 4 aromatic rings. The van der Waals surface area contributed by atoms with Crippen molar-refractivity contribution in [2.45, 2.75) is 6.92 Å². The minimum Gasteiger partial charge on any atom is -0.343 e. The third-order valence-electron chi connectivity index (χ3n) is 4.75. The number of nitrogens with one attached hydrogen (secondary N) is 1. The number of halogens is 1. The standard InChI is InChI=1S/C23H20ClN3/c1-16-12-13-18(14-21(16)24)26-25-15-20-19-10-6-7-11-22(19)27(2)23(20)17-8-4-3-5-9-17/h3-15,26H,1-2H3/b25-15+. The maximum atomic E-state index is 6.20. The number of hydrogen-bond acceptors (Lipinski definition) is 2. The molecule has 3 aromatic carbocycles. The minimum absolute atomic E-state index is 0.727. The summed E-state index contributed by atoms with van der Waals surface area (Å²) >= 11 is 6.20. The van der Waals surface area contributed by atoms with Crippen LogP contribution in [-0.2, 0) is 7.05 Å². The Kier molecular flexibility index (Phi) is 4.69. The van der Waals surface area contributed by atoms with E-state index >= 15 is 0 Å². The zero-order chi connectivity index (χ0) is 18.8. The molecule has 134 valence electrons. The van der Waals surface area contributed by atoms with Gasteiger partial charge in [0.2, 0.25) is 0 Å². The number of aryl methyl sites for hydroxylation is 2. The van der Waals surface area contributed by atoms with Crippen molar-refractivity contribution in [3.05, 3.63) is 88.9 Å². The van der Waals surface area contributed by atoms with Gasteiger partial charge >= 0.3 is 0 Å². The summed E-state index contributed by atoms with van der Waals surface area (Å²) in [6.45, 7) is 1.98. The highest BCUT2D eigenvalue weighted by Crippen LogP contribution is 2.31. The molecule has 3 nitrogen and oxygen atoms in total. The highest BCUT2D eigenvalue weighted by atomic mass is 35.5. The van der Waals surface area contributed by atoms with Gasteiger partial charge in [-0.15, -0.1) is 0 Å². The second-order valence-corrected chi connectivity index (χ2v) is 6.95. The zero-order valence-electron chi connectivity index (χ0n) is 15.3. The summed E-state index contributed by atoms with van der Waals surface area (Å²) in [5, 5.41) is 6.38. The van der Waals surface area contributed by atoms with E-state index in [2.05, 4.69) is 70.7 Å². The van der Waals surface area contributed by atoms with Crippen LogP contribution in [0, 0.1) is 6.92 Å². The van der Waals surface area contributed by atoms with Gasteiger partial charge in [0.15, 0.2) is 0 Å².